The van der Waals surface area contributed by atoms with E-state index in [0.717, 1.165) is 17.9 Å². The molecule has 1 aliphatic rings. The van der Waals surface area contributed by atoms with Gasteiger partial charge in [-0.05, 0) is 67.5 Å². The van der Waals surface area contributed by atoms with Gasteiger partial charge in [-0.2, -0.15) is 11.8 Å². The average molecular weight is 288 g/mol. The molecule has 1 atom stereocenters. The molecule has 4 heteroatoms. The summed E-state index contributed by atoms with van der Waals surface area (Å²) in [6.45, 7) is 0. The molecule has 0 radical (unpaired) electrons. The summed E-state index contributed by atoms with van der Waals surface area (Å²) in [5.41, 5.74) is 0.886. The molecule has 1 nitrogen and oxygen atoms in total. The van der Waals surface area contributed by atoms with Gasteiger partial charge in [0.15, 0.2) is 0 Å². The lowest BCUT2D eigenvalue weighted by Gasteiger charge is -2.27. The second-order valence-electron chi connectivity index (χ2n) is 4.80. The molecule has 0 aromatic heterocycles. The van der Waals surface area contributed by atoms with Gasteiger partial charge < -0.3 is 5.32 Å². The van der Waals surface area contributed by atoms with Crippen molar-refractivity contribution in [3.63, 3.8) is 0 Å². The van der Waals surface area contributed by atoms with Gasteiger partial charge in [-0.25, -0.2) is 4.39 Å². The number of rotatable bonds is 4. The fraction of sp³-hybridized carbons (Fsp3) is 0.571. The van der Waals surface area contributed by atoms with Crippen LogP contribution in [0.5, 0.6) is 0 Å². The maximum Gasteiger partial charge on any atom is 0.123 e. The van der Waals surface area contributed by atoms with Crippen molar-refractivity contribution in [1.29, 1.82) is 0 Å². The summed E-state index contributed by atoms with van der Waals surface area (Å²) < 4.78 is 13.3. The number of nitrogens with one attached hydrogen (secondary N) is 1. The van der Waals surface area contributed by atoms with Crippen LogP contribution in [0, 0.1) is 11.7 Å². The van der Waals surface area contributed by atoms with Crippen LogP contribution >= 0.6 is 23.4 Å². The van der Waals surface area contributed by atoms with Gasteiger partial charge >= 0.3 is 0 Å². The molecule has 0 spiro atoms. The Balaban J connectivity index is 2.09. The first-order valence-electron chi connectivity index (χ1n) is 6.40. The maximum absolute atomic E-state index is 13.3. The highest BCUT2D eigenvalue weighted by Gasteiger charge is 2.21. The Hall–Kier alpha value is -0.250. The molecule has 1 unspecified atom stereocenters. The van der Waals surface area contributed by atoms with Crippen LogP contribution in [-0.2, 0) is 0 Å². The van der Waals surface area contributed by atoms with Crippen molar-refractivity contribution in [1.82, 2.24) is 5.32 Å². The second-order valence-corrected chi connectivity index (χ2v) is 6.43. The quantitative estimate of drug-likeness (QED) is 0.887. The minimum atomic E-state index is -0.214. The minimum Gasteiger partial charge on any atom is -0.313 e. The van der Waals surface area contributed by atoms with Crippen LogP contribution in [0.15, 0.2) is 18.2 Å². The average Bonchev–Trinajstić information content (AvgIpc) is 2.40. The summed E-state index contributed by atoms with van der Waals surface area (Å²) in [4.78, 5) is 0. The van der Waals surface area contributed by atoms with Crippen molar-refractivity contribution < 1.29 is 4.39 Å². The van der Waals surface area contributed by atoms with Crippen LogP contribution < -0.4 is 5.32 Å². The van der Waals surface area contributed by atoms with Crippen molar-refractivity contribution in [2.45, 2.75) is 25.3 Å². The Bertz CT molecular complexity index is 393. The molecule has 18 heavy (non-hydrogen) atoms. The fourth-order valence-electron chi connectivity index (χ4n) is 2.50. The van der Waals surface area contributed by atoms with E-state index in [1.54, 1.807) is 12.1 Å². The SMILES string of the molecule is CNC(CC1CCSCC1)c1cc(F)ccc1Cl. The van der Waals surface area contributed by atoms with E-state index >= 15 is 0 Å². The van der Waals surface area contributed by atoms with E-state index in [9.17, 15) is 4.39 Å². The highest BCUT2D eigenvalue weighted by Crippen LogP contribution is 2.33. The Labute approximate surface area is 117 Å². The fourth-order valence-corrected chi connectivity index (χ4v) is 3.95. The molecule has 1 fully saturated rings. The molecule has 1 aliphatic heterocycles. The minimum absolute atomic E-state index is 0.154. The molecule has 1 N–H and O–H groups in total. The summed E-state index contributed by atoms with van der Waals surface area (Å²) in [5.74, 6) is 3.01. The third kappa shape index (κ3) is 3.62. The van der Waals surface area contributed by atoms with Crippen LogP contribution in [0.25, 0.3) is 0 Å². The summed E-state index contributed by atoms with van der Waals surface area (Å²) in [6.07, 6.45) is 3.56. The first-order valence-corrected chi connectivity index (χ1v) is 7.94. The zero-order valence-electron chi connectivity index (χ0n) is 10.6. The largest absolute Gasteiger partial charge is 0.313 e. The van der Waals surface area contributed by atoms with E-state index in [2.05, 4.69) is 5.32 Å². The van der Waals surface area contributed by atoms with Gasteiger partial charge in [0.2, 0.25) is 0 Å². The number of thioether (sulfide) groups is 1. The third-order valence-corrected chi connectivity index (χ3v) is 4.98. The molecule has 1 saturated heterocycles. The lowest BCUT2D eigenvalue weighted by molar-refractivity contribution is 0.383. The summed E-state index contributed by atoms with van der Waals surface area (Å²) >= 11 is 8.20. The van der Waals surface area contributed by atoms with Crippen molar-refractivity contribution >= 4 is 23.4 Å². The van der Waals surface area contributed by atoms with E-state index in [1.807, 2.05) is 18.8 Å². The van der Waals surface area contributed by atoms with Crippen molar-refractivity contribution in [2.75, 3.05) is 18.6 Å². The van der Waals surface area contributed by atoms with Gasteiger partial charge in [-0.1, -0.05) is 11.6 Å². The first kappa shape index (κ1) is 14.2. The van der Waals surface area contributed by atoms with E-state index in [-0.39, 0.29) is 11.9 Å². The predicted octanol–water partition coefficient (Wildman–Crippen LogP) is 4.27. The lowest BCUT2D eigenvalue weighted by Crippen LogP contribution is -2.22. The maximum atomic E-state index is 13.3. The van der Waals surface area contributed by atoms with Crippen LogP contribution in [0.2, 0.25) is 5.02 Å². The van der Waals surface area contributed by atoms with Crippen LogP contribution in [0.3, 0.4) is 0 Å². The Morgan fingerprint density at radius 2 is 2.17 bits per heavy atom. The Morgan fingerprint density at radius 3 is 2.83 bits per heavy atom. The zero-order chi connectivity index (χ0) is 13.0. The van der Waals surface area contributed by atoms with E-state index in [0.29, 0.717) is 5.02 Å². The number of hydrogen-bond donors (Lipinski definition) is 1. The van der Waals surface area contributed by atoms with Gasteiger partial charge in [-0.3, -0.25) is 0 Å². The molecule has 0 amide bonds. The topological polar surface area (TPSA) is 12.0 Å². The smallest absolute Gasteiger partial charge is 0.123 e. The van der Waals surface area contributed by atoms with E-state index in [4.69, 9.17) is 11.6 Å². The molecule has 1 aromatic rings. The highest BCUT2D eigenvalue weighted by atomic mass is 35.5. The number of benzene rings is 1. The van der Waals surface area contributed by atoms with Gasteiger partial charge in [-0.15, -0.1) is 0 Å². The van der Waals surface area contributed by atoms with Crippen molar-refractivity contribution in [3.05, 3.63) is 34.6 Å². The summed E-state index contributed by atoms with van der Waals surface area (Å²) in [7, 11) is 1.92. The Kier molecular flexibility index (Phi) is 5.34. The molecule has 2 rings (SSSR count). The molecule has 1 aromatic carbocycles. The second kappa shape index (κ2) is 6.78. The highest BCUT2D eigenvalue weighted by molar-refractivity contribution is 7.99. The number of halogens is 2. The standard InChI is InChI=1S/C14H19ClFNS/c1-17-14(8-10-4-6-18-7-5-10)12-9-11(16)2-3-13(12)15/h2-3,9-10,14,17H,4-8H2,1H3. The van der Waals surface area contributed by atoms with Crippen LogP contribution in [0.1, 0.15) is 30.9 Å². The molecular formula is C14H19ClFNS. The first-order chi connectivity index (χ1) is 8.70. The lowest BCUT2D eigenvalue weighted by atomic mass is 9.91. The van der Waals surface area contributed by atoms with E-state index < -0.39 is 0 Å². The zero-order valence-corrected chi connectivity index (χ0v) is 12.2. The normalized spacial score (nSPS) is 18.8. The van der Waals surface area contributed by atoms with Crippen molar-refractivity contribution in [2.24, 2.45) is 5.92 Å². The number of hydrogen-bond acceptors (Lipinski definition) is 2. The molecule has 1 heterocycles. The summed E-state index contributed by atoms with van der Waals surface area (Å²) in [5, 5.41) is 3.93. The molecule has 100 valence electrons. The summed E-state index contributed by atoms with van der Waals surface area (Å²) in [6, 6.07) is 4.77. The van der Waals surface area contributed by atoms with Gasteiger partial charge in [0, 0.05) is 11.1 Å². The third-order valence-electron chi connectivity index (χ3n) is 3.59. The molecule has 0 aliphatic carbocycles. The van der Waals surface area contributed by atoms with Crippen LogP contribution in [0.4, 0.5) is 4.39 Å². The predicted molar refractivity (Wildman–Crippen MR) is 77.9 cm³/mol. The van der Waals surface area contributed by atoms with Gasteiger partial charge in [0.1, 0.15) is 5.82 Å². The van der Waals surface area contributed by atoms with Gasteiger partial charge in [0.05, 0.1) is 0 Å². The van der Waals surface area contributed by atoms with E-state index in [1.165, 1.54) is 30.4 Å². The Morgan fingerprint density at radius 1 is 1.44 bits per heavy atom. The monoisotopic (exact) mass is 287 g/mol. The van der Waals surface area contributed by atoms with Crippen LogP contribution in [-0.4, -0.2) is 18.6 Å². The van der Waals surface area contributed by atoms with Gasteiger partial charge in [0.25, 0.3) is 0 Å². The van der Waals surface area contributed by atoms with Crippen molar-refractivity contribution in [3.8, 4) is 0 Å². The molecular weight excluding hydrogens is 269 g/mol. The molecule has 0 saturated carbocycles. The molecule has 0 bridgehead atoms.